The molecular weight excluding hydrogens is 247 g/mol. The monoisotopic (exact) mass is 266 g/mol. The SMILES string of the molecule is CC1CCN(c2ccccc2F)C(=O)C(CO)N1C. The molecule has 0 saturated carbocycles. The van der Waals surface area contributed by atoms with Crippen molar-refractivity contribution in [3.63, 3.8) is 0 Å². The fourth-order valence-electron chi connectivity index (χ4n) is 2.41. The highest BCUT2D eigenvalue weighted by atomic mass is 19.1. The summed E-state index contributed by atoms with van der Waals surface area (Å²) in [6.07, 6.45) is 0.743. The summed E-state index contributed by atoms with van der Waals surface area (Å²) in [5.41, 5.74) is 0.286. The molecule has 1 saturated heterocycles. The van der Waals surface area contributed by atoms with Crippen molar-refractivity contribution < 1.29 is 14.3 Å². The van der Waals surface area contributed by atoms with Crippen LogP contribution in [0.15, 0.2) is 24.3 Å². The van der Waals surface area contributed by atoms with Gasteiger partial charge < -0.3 is 10.0 Å². The van der Waals surface area contributed by atoms with Gasteiger partial charge in [-0.15, -0.1) is 0 Å². The fraction of sp³-hybridized carbons (Fsp3) is 0.500. The summed E-state index contributed by atoms with van der Waals surface area (Å²) in [4.78, 5) is 15.7. The second kappa shape index (κ2) is 5.67. The zero-order valence-electron chi connectivity index (χ0n) is 11.2. The Morgan fingerprint density at radius 3 is 2.74 bits per heavy atom. The number of amides is 1. The average Bonchev–Trinajstić information content (AvgIpc) is 2.50. The number of hydrogen-bond donors (Lipinski definition) is 1. The number of nitrogens with zero attached hydrogens (tertiary/aromatic N) is 2. The van der Waals surface area contributed by atoms with Gasteiger partial charge in [0.2, 0.25) is 5.91 Å². The summed E-state index contributed by atoms with van der Waals surface area (Å²) in [5, 5.41) is 9.43. The first-order valence-corrected chi connectivity index (χ1v) is 6.45. The largest absolute Gasteiger partial charge is 0.394 e. The van der Waals surface area contributed by atoms with Crippen LogP contribution in [-0.4, -0.2) is 48.2 Å². The molecule has 1 aliphatic heterocycles. The number of aliphatic hydroxyl groups is 1. The summed E-state index contributed by atoms with van der Waals surface area (Å²) in [5.74, 6) is -0.663. The van der Waals surface area contributed by atoms with Gasteiger partial charge in [-0.2, -0.15) is 0 Å². The van der Waals surface area contributed by atoms with Crippen molar-refractivity contribution in [2.75, 3.05) is 25.1 Å². The molecule has 104 valence electrons. The van der Waals surface area contributed by atoms with Crippen LogP contribution in [0.25, 0.3) is 0 Å². The zero-order valence-corrected chi connectivity index (χ0v) is 11.2. The number of rotatable bonds is 2. The van der Waals surface area contributed by atoms with Crippen LogP contribution >= 0.6 is 0 Å². The molecule has 0 spiro atoms. The standard InChI is InChI=1S/C14H19FN2O2/c1-10-7-8-17(12-6-4-3-5-11(12)15)14(19)13(9-18)16(10)2/h3-6,10,13,18H,7-9H2,1-2H3. The highest BCUT2D eigenvalue weighted by Gasteiger charge is 2.34. The van der Waals surface area contributed by atoms with Gasteiger partial charge in [0, 0.05) is 12.6 Å². The van der Waals surface area contributed by atoms with Crippen LogP contribution in [0.2, 0.25) is 0 Å². The Labute approximate surface area is 112 Å². The number of likely N-dealkylation sites (N-methyl/N-ethyl adjacent to an activating group) is 1. The van der Waals surface area contributed by atoms with Gasteiger partial charge in [0.1, 0.15) is 11.9 Å². The molecule has 1 heterocycles. The molecule has 2 unspecified atom stereocenters. The Kier molecular flexibility index (Phi) is 4.17. The van der Waals surface area contributed by atoms with Gasteiger partial charge in [0.05, 0.1) is 12.3 Å². The van der Waals surface area contributed by atoms with E-state index in [-0.39, 0.29) is 24.2 Å². The van der Waals surface area contributed by atoms with E-state index in [4.69, 9.17) is 0 Å². The van der Waals surface area contributed by atoms with Crippen molar-refractivity contribution in [3.8, 4) is 0 Å². The topological polar surface area (TPSA) is 43.8 Å². The molecule has 0 bridgehead atoms. The normalized spacial score (nSPS) is 25.5. The lowest BCUT2D eigenvalue weighted by molar-refractivity contribution is -0.124. The highest BCUT2D eigenvalue weighted by Crippen LogP contribution is 2.24. The lowest BCUT2D eigenvalue weighted by Crippen LogP contribution is -2.48. The molecule has 0 aliphatic carbocycles. The number of carbonyl (C=O) groups excluding carboxylic acids is 1. The van der Waals surface area contributed by atoms with E-state index in [0.717, 1.165) is 6.42 Å². The van der Waals surface area contributed by atoms with Crippen LogP contribution in [0, 0.1) is 5.82 Å². The molecule has 0 radical (unpaired) electrons. The van der Waals surface area contributed by atoms with E-state index in [1.165, 1.54) is 11.0 Å². The van der Waals surface area contributed by atoms with Crippen molar-refractivity contribution in [1.29, 1.82) is 0 Å². The smallest absolute Gasteiger partial charge is 0.246 e. The van der Waals surface area contributed by atoms with Crippen molar-refractivity contribution in [1.82, 2.24) is 4.90 Å². The van der Waals surface area contributed by atoms with Gasteiger partial charge in [-0.25, -0.2) is 4.39 Å². The van der Waals surface area contributed by atoms with Crippen molar-refractivity contribution in [3.05, 3.63) is 30.1 Å². The van der Waals surface area contributed by atoms with Gasteiger partial charge in [-0.3, -0.25) is 9.69 Å². The maximum Gasteiger partial charge on any atom is 0.246 e. The van der Waals surface area contributed by atoms with Gasteiger partial charge >= 0.3 is 0 Å². The van der Waals surface area contributed by atoms with E-state index in [9.17, 15) is 14.3 Å². The minimum absolute atomic E-state index is 0.165. The van der Waals surface area contributed by atoms with Gasteiger partial charge in [-0.05, 0) is 32.5 Å². The molecule has 1 aromatic carbocycles. The van der Waals surface area contributed by atoms with Crippen LogP contribution in [0.4, 0.5) is 10.1 Å². The molecule has 0 aromatic heterocycles. The van der Waals surface area contributed by atoms with Crippen LogP contribution in [0.3, 0.4) is 0 Å². The third-order valence-corrected chi connectivity index (χ3v) is 3.82. The molecule has 2 atom stereocenters. The Hall–Kier alpha value is -1.46. The second-order valence-corrected chi connectivity index (χ2v) is 4.94. The second-order valence-electron chi connectivity index (χ2n) is 4.94. The predicted molar refractivity (Wildman–Crippen MR) is 71.5 cm³/mol. The first-order valence-electron chi connectivity index (χ1n) is 6.45. The average molecular weight is 266 g/mol. The third kappa shape index (κ3) is 2.62. The minimum atomic E-state index is -0.614. The van der Waals surface area contributed by atoms with Crippen molar-refractivity contribution in [2.24, 2.45) is 0 Å². The number of anilines is 1. The zero-order chi connectivity index (χ0) is 14.0. The number of para-hydroxylation sites is 1. The van der Waals surface area contributed by atoms with E-state index in [1.54, 1.807) is 18.2 Å². The van der Waals surface area contributed by atoms with Crippen LogP contribution in [0.1, 0.15) is 13.3 Å². The highest BCUT2D eigenvalue weighted by molar-refractivity contribution is 5.97. The number of halogens is 1. The van der Waals surface area contributed by atoms with E-state index in [2.05, 4.69) is 0 Å². The minimum Gasteiger partial charge on any atom is -0.394 e. The van der Waals surface area contributed by atoms with E-state index in [1.807, 2.05) is 18.9 Å². The summed E-state index contributed by atoms with van der Waals surface area (Å²) in [6.45, 7) is 2.20. The molecule has 1 amide bonds. The lowest BCUT2D eigenvalue weighted by Gasteiger charge is -2.29. The summed E-state index contributed by atoms with van der Waals surface area (Å²) < 4.78 is 13.8. The number of hydrogen-bond acceptors (Lipinski definition) is 3. The molecule has 1 aliphatic rings. The van der Waals surface area contributed by atoms with E-state index < -0.39 is 11.9 Å². The Morgan fingerprint density at radius 2 is 2.11 bits per heavy atom. The molecular formula is C14H19FN2O2. The Balaban J connectivity index is 2.36. The van der Waals surface area contributed by atoms with E-state index in [0.29, 0.717) is 6.54 Å². The molecule has 4 nitrogen and oxygen atoms in total. The van der Waals surface area contributed by atoms with Crippen LogP contribution in [-0.2, 0) is 4.79 Å². The summed E-state index contributed by atoms with van der Waals surface area (Å²) in [6, 6.07) is 5.79. The quantitative estimate of drug-likeness (QED) is 0.876. The number of benzene rings is 1. The predicted octanol–water partition coefficient (Wildman–Crippen LogP) is 1.24. The maximum absolute atomic E-state index is 13.8. The molecule has 1 fully saturated rings. The van der Waals surface area contributed by atoms with Gasteiger partial charge in [0.15, 0.2) is 0 Å². The van der Waals surface area contributed by atoms with Crippen molar-refractivity contribution >= 4 is 11.6 Å². The summed E-state index contributed by atoms with van der Waals surface area (Å²) >= 11 is 0. The van der Waals surface area contributed by atoms with E-state index >= 15 is 0 Å². The molecule has 1 aromatic rings. The van der Waals surface area contributed by atoms with Gasteiger partial charge in [0.25, 0.3) is 0 Å². The molecule has 1 N–H and O–H groups in total. The maximum atomic E-state index is 13.8. The summed E-state index contributed by atoms with van der Waals surface area (Å²) in [7, 11) is 1.81. The lowest BCUT2D eigenvalue weighted by atomic mass is 10.2. The first kappa shape index (κ1) is 14.0. The van der Waals surface area contributed by atoms with Crippen molar-refractivity contribution in [2.45, 2.75) is 25.4 Å². The number of aliphatic hydroxyl groups excluding tert-OH is 1. The molecule has 19 heavy (non-hydrogen) atoms. The van der Waals surface area contributed by atoms with Gasteiger partial charge in [-0.1, -0.05) is 12.1 Å². The van der Waals surface area contributed by atoms with Crippen LogP contribution in [0.5, 0.6) is 0 Å². The molecule has 5 heteroatoms. The molecule has 2 rings (SSSR count). The fourth-order valence-corrected chi connectivity index (χ4v) is 2.41. The first-order chi connectivity index (χ1) is 9.06. The Morgan fingerprint density at radius 1 is 1.42 bits per heavy atom. The Bertz CT molecular complexity index is 467. The number of carbonyl (C=O) groups is 1. The third-order valence-electron chi connectivity index (χ3n) is 3.82. The van der Waals surface area contributed by atoms with Crippen LogP contribution < -0.4 is 4.90 Å².